The van der Waals surface area contributed by atoms with E-state index < -0.39 is 12.0 Å². The molecular weight excluding hydrogens is 386 g/mol. The summed E-state index contributed by atoms with van der Waals surface area (Å²) in [6.45, 7) is 2.33. The fraction of sp³-hybridized carbons (Fsp3) is 0.318. The van der Waals surface area contributed by atoms with Crippen LogP contribution in [0.25, 0.3) is 10.1 Å². The van der Waals surface area contributed by atoms with Crippen LogP contribution in [0.2, 0.25) is 0 Å². The first-order valence-corrected chi connectivity index (χ1v) is 10.5. The highest BCUT2D eigenvalue weighted by atomic mass is 32.1. The van der Waals surface area contributed by atoms with Crippen LogP contribution in [0, 0.1) is 0 Å². The Balaban J connectivity index is 1.65. The first kappa shape index (κ1) is 20.8. The number of esters is 1. The summed E-state index contributed by atoms with van der Waals surface area (Å²) in [5.41, 5.74) is 1.71. The van der Waals surface area contributed by atoms with Crippen LogP contribution in [0.5, 0.6) is 0 Å². The molecule has 2 aromatic carbocycles. The lowest BCUT2D eigenvalue weighted by Gasteiger charge is -2.17. The number of rotatable bonds is 9. The number of amides is 1. The zero-order chi connectivity index (χ0) is 20.6. The molecule has 1 amide bonds. The van der Waals surface area contributed by atoms with Crippen molar-refractivity contribution < 1.29 is 14.3 Å². The molecule has 1 unspecified atom stereocenters. The summed E-state index contributed by atoms with van der Waals surface area (Å²) in [7, 11) is 1.31. The second-order valence-electron chi connectivity index (χ2n) is 6.76. The van der Waals surface area contributed by atoms with Gasteiger partial charge in [0.05, 0.1) is 11.8 Å². The molecule has 1 heterocycles. The van der Waals surface area contributed by atoms with Crippen molar-refractivity contribution in [3.05, 3.63) is 59.7 Å². The standard InChI is InChI=1S/C22H25N3O3S/c1-3-4-7-15-10-12-16(13-11-15)21(26)24-18(22(27)28-2)14-23-20-17-8-5-6-9-19(17)29-25-20/h5-6,8-13,18H,3-4,7,14H2,1-2H3,(H,23,25)(H,24,26). The summed E-state index contributed by atoms with van der Waals surface area (Å²) in [6, 6.07) is 14.5. The Labute approximate surface area is 174 Å². The lowest BCUT2D eigenvalue weighted by atomic mass is 10.1. The van der Waals surface area contributed by atoms with Gasteiger partial charge >= 0.3 is 5.97 Å². The maximum Gasteiger partial charge on any atom is 0.330 e. The minimum absolute atomic E-state index is 0.181. The van der Waals surface area contributed by atoms with Crippen LogP contribution >= 0.6 is 11.5 Å². The normalized spacial score (nSPS) is 11.8. The Hall–Kier alpha value is -2.93. The summed E-state index contributed by atoms with van der Waals surface area (Å²) in [6.07, 6.45) is 3.24. The van der Waals surface area contributed by atoms with Crippen LogP contribution in [-0.2, 0) is 16.0 Å². The first-order valence-electron chi connectivity index (χ1n) is 9.68. The van der Waals surface area contributed by atoms with E-state index in [1.165, 1.54) is 24.2 Å². The molecule has 0 bridgehead atoms. The van der Waals surface area contributed by atoms with Gasteiger partial charge in [-0.2, -0.15) is 4.37 Å². The Bertz CT molecular complexity index is 969. The highest BCUT2D eigenvalue weighted by Crippen LogP contribution is 2.26. The Kier molecular flexibility index (Phi) is 7.19. The molecule has 152 valence electrons. The fourth-order valence-corrected chi connectivity index (χ4v) is 3.75. The van der Waals surface area contributed by atoms with Gasteiger partial charge in [0.25, 0.3) is 5.91 Å². The summed E-state index contributed by atoms with van der Waals surface area (Å²) in [5.74, 6) is -0.133. The highest BCUT2D eigenvalue weighted by molar-refractivity contribution is 7.13. The number of carbonyl (C=O) groups is 2. The molecule has 0 aliphatic heterocycles. The van der Waals surface area contributed by atoms with Gasteiger partial charge in [-0.25, -0.2) is 4.79 Å². The molecule has 29 heavy (non-hydrogen) atoms. The van der Waals surface area contributed by atoms with Gasteiger partial charge in [-0.1, -0.05) is 37.6 Å². The number of ether oxygens (including phenoxy) is 1. The van der Waals surface area contributed by atoms with E-state index in [0.29, 0.717) is 11.4 Å². The number of aryl methyl sites for hydroxylation is 1. The van der Waals surface area contributed by atoms with Crippen LogP contribution in [0.15, 0.2) is 48.5 Å². The number of unbranched alkanes of at least 4 members (excludes halogenated alkanes) is 1. The van der Waals surface area contributed by atoms with Gasteiger partial charge in [0.2, 0.25) is 0 Å². The van der Waals surface area contributed by atoms with Crippen molar-refractivity contribution in [1.82, 2.24) is 9.69 Å². The van der Waals surface area contributed by atoms with Crippen LogP contribution in [-0.4, -0.2) is 35.9 Å². The van der Waals surface area contributed by atoms with Crippen molar-refractivity contribution in [3.63, 3.8) is 0 Å². The van der Waals surface area contributed by atoms with Crippen LogP contribution in [0.4, 0.5) is 5.82 Å². The van der Waals surface area contributed by atoms with Crippen LogP contribution in [0.1, 0.15) is 35.7 Å². The van der Waals surface area contributed by atoms with Crippen molar-refractivity contribution in [1.29, 1.82) is 0 Å². The quantitative estimate of drug-likeness (QED) is 0.520. The van der Waals surface area contributed by atoms with Crippen molar-refractivity contribution in [2.75, 3.05) is 19.0 Å². The molecular formula is C22H25N3O3S. The van der Waals surface area contributed by atoms with Crippen LogP contribution < -0.4 is 10.6 Å². The van der Waals surface area contributed by atoms with E-state index in [1.807, 2.05) is 36.4 Å². The molecule has 3 aromatic rings. The van der Waals surface area contributed by atoms with Gasteiger partial charge in [0, 0.05) is 17.5 Å². The number of carbonyl (C=O) groups excluding carboxylic acids is 2. The van der Waals surface area contributed by atoms with Crippen molar-refractivity contribution in [2.24, 2.45) is 0 Å². The molecule has 0 radical (unpaired) electrons. The van der Waals surface area contributed by atoms with Gasteiger partial charge in [-0.15, -0.1) is 0 Å². The monoisotopic (exact) mass is 411 g/mol. The van der Waals surface area contributed by atoms with E-state index in [-0.39, 0.29) is 12.5 Å². The number of aromatic nitrogens is 1. The second-order valence-corrected chi connectivity index (χ2v) is 7.56. The molecule has 7 heteroatoms. The topological polar surface area (TPSA) is 80.3 Å². The zero-order valence-electron chi connectivity index (χ0n) is 16.6. The fourth-order valence-electron chi connectivity index (χ4n) is 2.99. The molecule has 0 spiro atoms. The van der Waals surface area contributed by atoms with E-state index in [9.17, 15) is 9.59 Å². The molecule has 2 N–H and O–H groups in total. The SMILES string of the molecule is CCCCc1ccc(C(=O)NC(CNc2nsc3ccccc23)C(=O)OC)cc1. The van der Waals surface area contributed by atoms with E-state index >= 15 is 0 Å². The predicted molar refractivity (Wildman–Crippen MR) is 116 cm³/mol. The summed E-state index contributed by atoms with van der Waals surface area (Å²) in [5, 5.41) is 6.89. The summed E-state index contributed by atoms with van der Waals surface area (Å²) in [4.78, 5) is 24.8. The highest BCUT2D eigenvalue weighted by Gasteiger charge is 2.22. The molecule has 0 saturated heterocycles. The van der Waals surface area contributed by atoms with Crippen molar-refractivity contribution in [3.8, 4) is 0 Å². The number of fused-ring (bicyclic) bond motifs is 1. The average molecular weight is 412 g/mol. The van der Waals surface area contributed by atoms with Gasteiger partial charge < -0.3 is 15.4 Å². The Morgan fingerprint density at radius 2 is 1.90 bits per heavy atom. The lowest BCUT2D eigenvalue weighted by Crippen LogP contribution is -2.46. The number of anilines is 1. The number of benzene rings is 2. The third-order valence-corrected chi connectivity index (χ3v) is 5.50. The van der Waals surface area contributed by atoms with Crippen molar-refractivity contribution >= 4 is 39.3 Å². The minimum atomic E-state index is -0.826. The Morgan fingerprint density at radius 1 is 1.14 bits per heavy atom. The molecule has 1 aromatic heterocycles. The number of nitrogens with zero attached hydrogens (tertiary/aromatic N) is 1. The van der Waals surface area contributed by atoms with Gasteiger partial charge in [0.1, 0.15) is 11.9 Å². The summed E-state index contributed by atoms with van der Waals surface area (Å²) < 4.78 is 10.3. The van der Waals surface area contributed by atoms with E-state index in [2.05, 4.69) is 21.9 Å². The molecule has 0 saturated carbocycles. The molecule has 1 atom stereocenters. The van der Waals surface area contributed by atoms with Gasteiger partial charge in [-0.3, -0.25) is 4.79 Å². The van der Waals surface area contributed by atoms with E-state index in [4.69, 9.17) is 4.74 Å². The van der Waals surface area contributed by atoms with E-state index in [1.54, 1.807) is 12.1 Å². The van der Waals surface area contributed by atoms with E-state index in [0.717, 1.165) is 29.3 Å². The largest absolute Gasteiger partial charge is 0.467 e. The molecule has 3 rings (SSSR count). The van der Waals surface area contributed by atoms with Gasteiger partial charge in [0.15, 0.2) is 0 Å². The molecule has 0 aliphatic rings. The number of nitrogens with one attached hydrogen (secondary N) is 2. The predicted octanol–water partition coefficient (Wildman–Crippen LogP) is 4.02. The van der Waals surface area contributed by atoms with Crippen molar-refractivity contribution in [2.45, 2.75) is 32.2 Å². The number of hydrogen-bond acceptors (Lipinski definition) is 6. The maximum atomic E-state index is 12.6. The van der Waals surface area contributed by atoms with Crippen LogP contribution in [0.3, 0.4) is 0 Å². The molecule has 0 fully saturated rings. The van der Waals surface area contributed by atoms with Gasteiger partial charge in [-0.05, 0) is 54.2 Å². The maximum absolute atomic E-state index is 12.6. The lowest BCUT2D eigenvalue weighted by molar-refractivity contribution is -0.142. The zero-order valence-corrected chi connectivity index (χ0v) is 17.4. The third kappa shape index (κ3) is 5.32. The smallest absolute Gasteiger partial charge is 0.330 e. The number of hydrogen-bond donors (Lipinski definition) is 2. The summed E-state index contributed by atoms with van der Waals surface area (Å²) >= 11 is 1.38. The molecule has 0 aliphatic carbocycles. The average Bonchev–Trinajstić information content (AvgIpc) is 3.18. The minimum Gasteiger partial charge on any atom is -0.467 e. The first-order chi connectivity index (χ1) is 14.1. The second kappa shape index (κ2) is 10.0. The third-order valence-electron chi connectivity index (χ3n) is 4.68. The number of methoxy groups -OCH3 is 1. The molecule has 6 nitrogen and oxygen atoms in total. The Morgan fingerprint density at radius 3 is 2.62 bits per heavy atom.